The molecule has 0 spiro atoms. The molecule has 6 nitrogen and oxygen atoms in total. The molecule has 1 rings (SSSR count). The molecule has 0 aromatic heterocycles. The second-order valence-corrected chi connectivity index (χ2v) is 4.63. The lowest BCUT2D eigenvalue weighted by molar-refractivity contribution is -0.126. The molecule has 1 aliphatic heterocycles. The van der Waals surface area contributed by atoms with Crippen LogP contribution in [0.25, 0.3) is 0 Å². The number of hydrogen-bond donors (Lipinski definition) is 3. The summed E-state index contributed by atoms with van der Waals surface area (Å²) < 4.78 is 0. The molecule has 1 saturated heterocycles. The quantitative estimate of drug-likeness (QED) is 0.557. The molecule has 0 bridgehead atoms. The van der Waals surface area contributed by atoms with E-state index in [0.29, 0.717) is 19.5 Å². The summed E-state index contributed by atoms with van der Waals surface area (Å²) >= 11 is 0. The van der Waals surface area contributed by atoms with Crippen LogP contribution in [0.2, 0.25) is 0 Å². The number of carbonyl (C=O) groups excluding carboxylic acids is 2. The summed E-state index contributed by atoms with van der Waals surface area (Å²) in [7, 11) is 0. The van der Waals surface area contributed by atoms with Crippen LogP contribution in [0.15, 0.2) is 0 Å². The number of carbonyl (C=O) groups is 2. The minimum atomic E-state index is -0.332. The van der Waals surface area contributed by atoms with E-state index in [0.717, 1.165) is 13.1 Å². The van der Waals surface area contributed by atoms with Crippen molar-refractivity contribution in [1.29, 1.82) is 0 Å². The zero-order chi connectivity index (χ0) is 12.8. The topological polar surface area (TPSA) is 87.5 Å². The van der Waals surface area contributed by atoms with Gasteiger partial charge in [-0.25, -0.2) is 0 Å². The number of nitrogens with two attached hydrogens (primary N) is 1. The highest BCUT2D eigenvalue weighted by molar-refractivity contribution is 5.80. The first-order valence-electron chi connectivity index (χ1n) is 6.04. The maximum Gasteiger partial charge on any atom is 0.236 e. The number of nitrogens with zero attached hydrogens (tertiary/aromatic N) is 1. The van der Waals surface area contributed by atoms with Gasteiger partial charge in [0, 0.05) is 38.6 Å². The number of primary amides is 1. The van der Waals surface area contributed by atoms with Gasteiger partial charge in [-0.05, 0) is 13.8 Å². The zero-order valence-corrected chi connectivity index (χ0v) is 10.5. The Morgan fingerprint density at radius 3 is 2.82 bits per heavy atom. The lowest BCUT2D eigenvalue weighted by Crippen LogP contribution is -2.57. The van der Waals surface area contributed by atoms with Crippen LogP contribution in [0.4, 0.5) is 0 Å². The Hall–Kier alpha value is -1.14. The number of amides is 2. The number of hydrogen-bond acceptors (Lipinski definition) is 4. The van der Waals surface area contributed by atoms with Crippen LogP contribution in [0, 0.1) is 0 Å². The van der Waals surface area contributed by atoms with Crippen LogP contribution in [-0.2, 0) is 9.59 Å². The average Bonchev–Trinajstić information content (AvgIpc) is 2.25. The minimum Gasteiger partial charge on any atom is -0.368 e. The normalized spacial score (nSPS) is 21.5. The Morgan fingerprint density at radius 2 is 2.24 bits per heavy atom. The fraction of sp³-hybridized carbons (Fsp3) is 0.818. The second-order valence-electron chi connectivity index (χ2n) is 4.63. The van der Waals surface area contributed by atoms with Crippen LogP contribution < -0.4 is 16.4 Å². The monoisotopic (exact) mass is 242 g/mol. The van der Waals surface area contributed by atoms with Crippen LogP contribution in [0.1, 0.15) is 20.3 Å². The summed E-state index contributed by atoms with van der Waals surface area (Å²) in [5, 5.41) is 5.95. The van der Waals surface area contributed by atoms with E-state index >= 15 is 0 Å². The van der Waals surface area contributed by atoms with Gasteiger partial charge in [0.1, 0.15) is 6.04 Å². The van der Waals surface area contributed by atoms with Crippen LogP contribution in [-0.4, -0.2) is 55.0 Å². The fourth-order valence-corrected chi connectivity index (χ4v) is 1.93. The summed E-state index contributed by atoms with van der Waals surface area (Å²) in [5.74, 6) is -0.316. The largest absolute Gasteiger partial charge is 0.368 e. The van der Waals surface area contributed by atoms with E-state index in [1.165, 1.54) is 0 Å². The first-order chi connectivity index (χ1) is 8.00. The Bertz CT molecular complexity index is 281. The smallest absolute Gasteiger partial charge is 0.236 e. The van der Waals surface area contributed by atoms with Crippen molar-refractivity contribution in [2.45, 2.75) is 32.4 Å². The summed E-state index contributed by atoms with van der Waals surface area (Å²) in [4.78, 5) is 24.7. The van der Waals surface area contributed by atoms with E-state index in [1.807, 2.05) is 18.7 Å². The molecule has 1 aliphatic rings. The van der Waals surface area contributed by atoms with E-state index in [1.54, 1.807) is 0 Å². The van der Waals surface area contributed by atoms with Crippen molar-refractivity contribution in [2.24, 2.45) is 5.73 Å². The SMILES string of the molecule is CC(C)NC(=O)CCN1CCNCC1C(N)=O. The Labute approximate surface area is 102 Å². The molecule has 4 N–H and O–H groups in total. The first kappa shape index (κ1) is 13.9. The molecule has 1 unspecified atom stereocenters. The molecular formula is C11H22N4O2. The van der Waals surface area contributed by atoms with Gasteiger partial charge in [0.05, 0.1) is 0 Å². The first-order valence-corrected chi connectivity index (χ1v) is 6.04. The Kier molecular flexibility index (Phi) is 5.37. The molecule has 6 heteroatoms. The minimum absolute atomic E-state index is 0.0155. The predicted octanol–water partition coefficient (Wildman–Crippen LogP) is -1.34. The Balaban J connectivity index is 2.38. The number of rotatable bonds is 5. The molecule has 0 aliphatic carbocycles. The van der Waals surface area contributed by atoms with Gasteiger partial charge in [0.25, 0.3) is 0 Å². The van der Waals surface area contributed by atoms with Crippen molar-refractivity contribution in [3.05, 3.63) is 0 Å². The van der Waals surface area contributed by atoms with Gasteiger partial charge in [-0.1, -0.05) is 0 Å². The molecule has 0 aromatic rings. The van der Waals surface area contributed by atoms with Gasteiger partial charge >= 0.3 is 0 Å². The summed E-state index contributed by atoms with van der Waals surface area (Å²) in [6.45, 7) is 6.58. The lowest BCUT2D eigenvalue weighted by Gasteiger charge is -2.33. The standard InChI is InChI=1S/C11H22N4O2/c1-8(2)14-10(16)3-5-15-6-4-13-7-9(15)11(12)17/h8-9,13H,3-7H2,1-2H3,(H2,12,17)(H,14,16). The highest BCUT2D eigenvalue weighted by Crippen LogP contribution is 2.03. The van der Waals surface area contributed by atoms with Crippen molar-refractivity contribution < 1.29 is 9.59 Å². The summed E-state index contributed by atoms with van der Waals surface area (Å²) in [5.41, 5.74) is 5.32. The van der Waals surface area contributed by atoms with E-state index in [9.17, 15) is 9.59 Å². The molecule has 2 amide bonds. The van der Waals surface area contributed by atoms with Crippen LogP contribution in [0.5, 0.6) is 0 Å². The molecule has 0 aromatic carbocycles. The van der Waals surface area contributed by atoms with E-state index in [-0.39, 0.29) is 23.9 Å². The molecule has 1 fully saturated rings. The zero-order valence-electron chi connectivity index (χ0n) is 10.5. The van der Waals surface area contributed by atoms with Gasteiger partial charge in [-0.15, -0.1) is 0 Å². The highest BCUT2D eigenvalue weighted by Gasteiger charge is 2.26. The van der Waals surface area contributed by atoms with Gasteiger partial charge in [-0.3, -0.25) is 14.5 Å². The Morgan fingerprint density at radius 1 is 1.53 bits per heavy atom. The summed E-state index contributed by atoms with van der Waals surface area (Å²) in [6.07, 6.45) is 0.405. The van der Waals surface area contributed by atoms with Crippen molar-refractivity contribution in [3.8, 4) is 0 Å². The van der Waals surface area contributed by atoms with Crippen molar-refractivity contribution in [2.75, 3.05) is 26.2 Å². The molecule has 98 valence electrons. The lowest BCUT2D eigenvalue weighted by atomic mass is 10.1. The molecule has 1 atom stereocenters. The highest BCUT2D eigenvalue weighted by atomic mass is 16.2. The molecular weight excluding hydrogens is 220 g/mol. The number of nitrogens with one attached hydrogen (secondary N) is 2. The third-order valence-electron chi connectivity index (χ3n) is 2.76. The molecule has 17 heavy (non-hydrogen) atoms. The van der Waals surface area contributed by atoms with Crippen LogP contribution >= 0.6 is 0 Å². The summed E-state index contributed by atoms with van der Waals surface area (Å²) in [6, 6.07) is -0.145. The predicted molar refractivity (Wildman–Crippen MR) is 65.3 cm³/mol. The van der Waals surface area contributed by atoms with Crippen molar-refractivity contribution >= 4 is 11.8 Å². The van der Waals surface area contributed by atoms with Gasteiger partial charge < -0.3 is 16.4 Å². The molecule has 0 saturated carbocycles. The van der Waals surface area contributed by atoms with Gasteiger partial charge in [0.15, 0.2) is 0 Å². The second kappa shape index (κ2) is 6.56. The number of piperazine rings is 1. The third kappa shape index (κ3) is 4.70. The van der Waals surface area contributed by atoms with Crippen LogP contribution in [0.3, 0.4) is 0 Å². The molecule has 1 heterocycles. The maximum atomic E-state index is 11.5. The fourth-order valence-electron chi connectivity index (χ4n) is 1.93. The average molecular weight is 242 g/mol. The maximum absolute atomic E-state index is 11.5. The third-order valence-corrected chi connectivity index (χ3v) is 2.76. The van der Waals surface area contributed by atoms with E-state index < -0.39 is 0 Å². The van der Waals surface area contributed by atoms with E-state index in [4.69, 9.17) is 5.73 Å². The van der Waals surface area contributed by atoms with Gasteiger partial charge in [-0.2, -0.15) is 0 Å². The van der Waals surface area contributed by atoms with E-state index in [2.05, 4.69) is 10.6 Å². The van der Waals surface area contributed by atoms with Gasteiger partial charge in [0.2, 0.25) is 11.8 Å². The van der Waals surface area contributed by atoms with Crippen molar-refractivity contribution in [1.82, 2.24) is 15.5 Å². The molecule has 0 radical (unpaired) electrons. The van der Waals surface area contributed by atoms with Crippen molar-refractivity contribution in [3.63, 3.8) is 0 Å².